The SMILES string of the molecule is C1=CC2=C(c3ccccc3)c3ccccc3C(c3ccccc3)C2=CC1. The summed E-state index contributed by atoms with van der Waals surface area (Å²) in [6.45, 7) is 0. The third kappa shape index (κ3) is 2.38. The highest BCUT2D eigenvalue weighted by Gasteiger charge is 2.31. The number of allylic oxidation sites excluding steroid dienone is 5. The van der Waals surface area contributed by atoms with Crippen molar-refractivity contribution in [3.05, 3.63) is 137 Å². The number of benzene rings is 3. The van der Waals surface area contributed by atoms with Gasteiger partial charge in [0.15, 0.2) is 0 Å². The zero-order valence-electron chi connectivity index (χ0n) is 14.6. The van der Waals surface area contributed by atoms with Gasteiger partial charge in [-0.05, 0) is 45.4 Å². The second kappa shape index (κ2) is 6.31. The van der Waals surface area contributed by atoms with Crippen LogP contribution in [0.5, 0.6) is 0 Å². The van der Waals surface area contributed by atoms with Crippen LogP contribution in [-0.4, -0.2) is 0 Å². The molecule has 3 aromatic rings. The van der Waals surface area contributed by atoms with Gasteiger partial charge >= 0.3 is 0 Å². The van der Waals surface area contributed by atoms with Crippen LogP contribution in [0.1, 0.15) is 34.6 Å². The van der Waals surface area contributed by atoms with Crippen LogP contribution in [0.2, 0.25) is 0 Å². The van der Waals surface area contributed by atoms with Crippen LogP contribution in [0.4, 0.5) is 0 Å². The van der Waals surface area contributed by atoms with Crippen molar-refractivity contribution in [2.75, 3.05) is 0 Å². The molecule has 0 spiro atoms. The molecule has 0 saturated carbocycles. The van der Waals surface area contributed by atoms with Gasteiger partial charge in [0.1, 0.15) is 0 Å². The normalized spacial score (nSPS) is 18.2. The molecule has 5 rings (SSSR count). The lowest BCUT2D eigenvalue weighted by molar-refractivity contribution is 0.929. The number of hydrogen-bond acceptors (Lipinski definition) is 0. The first-order chi connectivity index (χ1) is 12.9. The molecule has 0 radical (unpaired) electrons. The van der Waals surface area contributed by atoms with Gasteiger partial charge in [-0.25, -0.2) is 0 Å². The van der Waals surface area contributed by atoms with Crippen molar-refractivity contribution in [2.24, 2.45) is 0 Å². The molecule has 0 saturated heterocycles. The van der Waals surface area contributed by atoms with Gasteiger partial charge in [-0.3, -0.25) is 0 Å². The molecule has 2 aliphatic rings. The van der Waals surface area contributed by atoms with Crippen molar-refractivity contribution in [1.29, 1.82) is 0 Å². The molecule has 0 aromatic heterocycles. The van der Waals surface area contributed by atoms with Crippen molar-refractivity contribution in [3.63, 3.8) is 0 Å². The van der Waals surface area contributed by atoms with Gasteiger partial charge in [-0.15, -0.1) is 0 Å². The Balaban J connectivity index is 1.83. The van der Waals surface area contributed by atoms with Gasteiger partial charge in [-0.1, -0.05) is 103 Å². The monoisotopic (exact) mass is 332 g/mol. The predicted octanol–water partition coefficient (Wildman–Crippen LogP) is 6.52. The molecule has 0 bridgehead atoms. The molecule has 0 N–H and O–H groups in total. The lowest BCUT2D eigenvalue weighted by atomic mass is 9.69. The maximum atomic E-state index is 2.41. The Morgan fingerprint density at radius 1 is 0.692 bits per heavy atom. The molecule has 1 atom stereocenters. The van der Waals surface area contributed by atoms with E-state index in [0.29, 0.717) is 5.92 Å². The minimum Gasteiger partial charge on any atom is -0.0801 e. The fourth-order valence-electron chi connectivity index (χ4n) is 4.30. The number of rotatable bonds is 2. The summed E-state index contributed by atoms with van der Waals surface area (Å²) in [5.74, 6) is 0.305. The summed E-state index contributed by atoms with van der Waals surface area (Å²) in [5.41, 5.74) is 9.58. The van der Waals surface area contributed by atoms with E-state index in [4.69, 9.17) is 0 Å². The van der Waals surface area contributed by atoms with Crippen molar-refractivity contribution in [2.45, 2.75) is 12.3 Å². The maximum absolute atomic E-state index is 2.41. The first kappa shape index (κ1) is 15.2. The highest BCUT2D eigenvalue weighted by Crippen LogP contribution is 2.49. The molecule has 26 heavy (non-hydrogen) atoms. The smallest absolute Gasteiger partial charge is 0.0349 e. The molecule has 0 heteroatoms. The molecule has 0 heterocycles. The summed E-state index contributed by atoms with van der Waals surface area (Å²) in [6, 6.07) is 30.6. The van der Waals surface area contributed by atoms with Gasteiger partial charge in [0.25, 0.3) is 0 Å². The predicted molar refractivity (Wildman–Crippen MR) is 109 cm³/mol. The Kier molecular flexibility index (Phi) is 3.68. The van der Waals surface area contributed by atoms with Gasteiger partial charge in [0, 0.05) is 5.92 Å². The molecule has 1 unspecified atom stereocenters. The average Bonchev–Trinajstić information content (AvgIpc) is 2.73. The first-order valence-corrected chi connectivity index (χ1v) is 9.24. The van der Waals surface area contributed by atoms with E-state index >= 15 is 0 Å². The van der Waals surface area contributed by atoms with Crippen molar-refractivity contribution in [3.8, 4) is 0 Å². The van der Waals surface area contributed by atoms with Crippen LogP contribution in [0, 0.1) is 0 Å². The standard InChI is InChI=1S/C26H20/c1-3-11-19(12-4-1)25-21-15-7-9-17-23(21)26(20-13-5-2-6-14-20)24-18-10-8-16-22(24)25/h1-9,11-18,26H,10H2. The van der Waals surface area contributed by atoms with E-state index in [1.54, 1.807) is 0 Å². The van der Waals surface area contributed by atoms with Crippen molar-refractivity contribution >= 4 is 5.57 Å². The largest absolute Gasteiger partial charge is 0.0801 e. The summed E-state index contributed by atoms with van der Waals surface area (Å²) >= 11 is 0. The molecule has 2 aliphatic carbocycles. The van der Waals surface area contributed by atoms with Crippen LogP contribution in [-0.2, 0) is 0 Å². The van der Waals surface area contributed by atoms with Gasteiger partial charge in [0.2, 0.25) is 0 Å². The fourth-order valence-corrected chi connectivity index (χ4v) is 4.30. The summed E-state index contributed by atoms with van der Waals surface area (Å²) in [7, 11) is 0. The van der Waals surface area contributed by atoms with E-state index < -0.39 is 0 Å². The molecule has 0 amide bonds. The maximum Gasteiger partial charge on any atom is 0.0349 e. The second-order valence-corrected chi connectivity index (χ2v) is 6.88. The highest BCUT2D eigenvalue weighted by molar-refractivity contribution is 5.91. The topological polar surface area (TPSA) is 0 Å². The zero-order chi connectivity index (χ0) is 17.3. The molecule has 0 nitrogen and oxygen atoms in total. The van der Waals surface area contributed by atoms with Gasteiger partial charge in [0.05, 0.1) is 0 Å². The minimum atomic E-state index is 0.305. The highest BCUT2D eigenvalue weighted by atomic mass is 14.3. The quantitative estimate of drug-likeness (QED) is 0.501. The van der Waals surface area contributed by atoms with Crippen LogP contribution in [0.3, 0.4) is 0 Å². The molecule has 124 valence electrons. The van der Waals surface area contributed by atoms with E-state index in [0.717, 1.165) is 6.42 Å². The van der Waals surface area contributed by atoms with Crippen molar-refractivity contribution in [1.82, 2.24) is 0 Å². The summed E-state index contributed by atoms with van der Waals surface area (Å²) < 4.78 is 0. The Bertz CT molecular complexity index is 1030. The molecule has 0 fully saturated rings. The molecular weight excluding hydrogens is 312 g/mol. The lowest BCUT2D eigenvalue weighted by Gasteiger charge is -2.33. The van der Waals surface area contributed by atoms with Crippen LogP contribution in [0.15, 0.2) is 114 Å². The number of fused-ring (bicyclic) bond motifs is 2. The van der Waals surface area contributed by atoms with Crippen molar-refractivity contribution < 1.29 is 0 Å². The third-order valence-corrected chi connectivity index (χ3v) is 5.39. The van der Waals surface area contributed by atoms with Crippen LogP contribution >= 0.6 is 0 Å². The third-order valence-electron chi connectivity index (χ3n) is 5.39. The van der Waals surface area contributed by atoms with E-state index in [1.807, 2.05) is 0 Å². The molecular formula is C26H20. The fraction of sp³-hybridized carbons (Fsp3) is 0.0769. The van der Waals surface area contributed by atoms with E-state index in [-0.39, 0.29) is 0 Å². The van der Waals surface area contributed by atoms with Crippen LogP contribution in [0.25, 0.3) is 5.57 Å². The Morgan fingerprint density at radius 2 is 1.38 bits per heavy atom. The number of hydrogen-bond donors (Lipinski definition) is 0. The molecule has 3 aromatic carbocycles. The molecule has 0 aliphatic heterocycles. The van der Waals surface area contributed by atoms with E-state index in [9.17, 15) is 0 Å². The summed E-state index contributed by atoms with van der Waals surface area (Å²) in [6.07, 6.45) is 8.01. The van der Waals surface area contributed by atoms with Gasteiger partial charge < -0.3 is 0 Å². The van der Waals surface area contributed by atoms with E-state index in [1.165, 1.54) is 39.0 Å². The summed E-state index contributed by atoms with van der Waals surface area (Å²) in [5, 5.41) is 0. The minimum absolute atomic E-state index is 0.305. The second-order valence-electron chi connectivity index (χ2n) is 6.88. The average molecular weight is 332 g/mol. The van der Waals surface area contributed by atoms with E-state index in [2.05, 4.69) is 103 Å². The Hall–Kier alpha value is -3.12. The zero-order valence-corrected chi connectivity index (χ0v) is 14.6. The lowest BCUT2D eigenvalue weighted by Crippen LogP contribution is -2.16. The first-order valence-electron chi connectivity index (χ1n) is 9.24. The Labute approximate surface area is 154 Å². The Morgan fingerprint density at radius 3 is 2.19 bits per heavy atom. The summed E-state index contributed by atoms with van der Waals surface area (Å²) in [4.78, 5) is 0. The van der Waals surface area contributed by atoms with Gasteiger partial charge in [-0.2, -0.15) is 0 Å². The van der Waals surface area contributed by atoms with Crippen LogP contribution < -0.4 is 0 Å².